The summed E-state index contributed by atoms with van der Waals surface area (Å²) in [6.45, 7) is 3.99. The molecule has 1 fully saturated rings. The van der Waals surface area contributed by atoms with E-state index in [0.717, 1.165) is 28.3 Å². The topological polar surface area (TPSA) is 53.3 Å². The van der Waals surface area contributed by atoms with Crippen LogP contribution in [-0.2, 0) is 0 Å². The number of benzene rings is 2. The molecule has 172 valence electrons. The van der Waals surface area contributed by atoms with Gasteiger partial charge in [-0.05, 0) is 86.2 Å². The molecule has 8 heteroatoms. The molecule has 1 aliphatic rings. The summed E-state index contributed by atoms with van der Waals surface area (Å²) in [5.74, 6) is -0.230. The van der Waals surface area contributed by atoms with Crippen molar-refractivity contribution < 1.29 is 9.50 Å². The summed E-state index contributed by atoms with van der Waals surface area (Å²) in [4.78, 5) is 6.46. The second-order valence-electron chi connectivity index (χ2n) is 8.27. The van der Waals surface area contributed by atoms with E-state index in [1.807, 2.05) is 47.6 Å². The van der Waals surface area contributed by atoms with Crippen molar-refractivity contribution in [3.05, 3.63) is 106 Å². The third kappa shape index (κ3) is 3.81. The molecule has 2 N–H and O–H groups in total. The van der Waals surface area contributed by atoms with Gasteiger partial charge in [-0.2, -0.15) is 0 Å². The number of anilines is 1. The van der Waals surface area contributed by atoms with E-state index >= 15 is 0 Å². The molecule has 2 aromatic carbocycles. The average Bonchev–Trinajstić information content (AvgIpc) is 3.31. The fraction of sp³-hybridized carbons (Fsp3) is 0.154. The molecule has 3 heterocycles. The van der Waals surface area contributed by atoms with E-state index in [9.17, 15) is 9.50 Å². The van der Waals surface area contributed by atoms with Crippen molar-refractivity contribution in [2.24, 2.45) is 0 Å². The van der Waals surface area contributed by atoms with Crippen molar-refractivity contribution in [3.63, 3.8) is 0 Å². The van der Waals surface area contributed by atoms with Gasteiger partial charge in [0.1, 0.15) is 11.6 Å². The Bertz CT molecular complexity index is 1390. The van der Waals surface area contributed by atoms with Crippen molar-refractivity contribution in [3.8, 4) is 11.4 Å². The van der Waals surface area contributed by atoms with Crippen molar-refractivity contribution in [1.29, 1.82) is 0 Å². The summed E-state index contributed by atoms with van der Waals surface area (Å²) in [6.07, 6.45) is 1.74. The molecule has 34 heavy (non-hydrogen) atoms. The Labute approximate surface area is 207 Å². The number of aryl methyl sites for hydroxylation is 1. The number of aromatic nitrogens is 2. The molecule has 0 spiro atoms. The van der Waals surface area contributed by atoms with Gasteiger partial charge in [0.15, 0.2) is 5.11 Å². The number of pyridine rings is 1. The maximum atomic E-state index is 14.0. The van der Waals surface area contributed by atoms with Crippen LogP contribution in [0.25, 0.3) is 5.69 Å². The van der Waals surface area contributed by atoms with E-state index in [-0.39, 0.29) is 23.7 Å². The maximum absolute atomic E-state index is 14.0. The number of hydrogen-bond acceptors (Lipinski definition) is 3. The largest absolute Gasteiger partial charge is 0.506 e. The van der Waals surface area contributed by atoms with Crippen LogP contribution in [0.1, 0.15) is 34.7 Å². The molecule has 0 aliphatic carbocycles. The lowest BCUT2D eigenvalue weighted by atomic mass is 9.96. The molecule has 1 aliphatic heterocycles. The average molecular weight is 493 g/mol. The number of nitrogens with one attached hydrogen (secondary N) is 1. The van der Waals surface area contributed by atoms with E-state index in [1.54, 1.807) is 30.5 Å². The number of phenols is 1. The van der Waals surface area contributed by atoms with Gasteiger partial charge in [-0.25, -0.2) is 4.39 Å². The Hall–Kier alpha value is -3.42. The highest BCUT2D eigenvalue weighted by molar-refractivity contribution is 7.80. The molecular weight excluding hydrogens is 471 g/mol. The first-order valence-electron chi connectivity index (χ1n) is 10.8. The highest BCUT2D eigenvalue weighted by atomic mass is 35.5. The van der Waals surface area contributed by atoms with Crippen LogP contribution in [0.4, 0.5) is 10.1 Å². The summed E-state index contributed by atoms with van der Waals surface area (Å²) in [6, 6.07) is 18.6. The molecule has 4 aromatic rings. The molecule has 0 amide bonds. The van der Waals surface area contributed by atoms with Crippen LogP contribution < -0.4 is 10.2 Å². The minimum absolute atomic E-state index is 0.0687. The number of halogens is 2. The maximum Gasteiger partial charge on any atom is 0.174 e. The smallest absolute Gasteiger partial charge is 0.174 e. The first kappa shape index (κ1) is 22.4. The van der Waals surface area contributed by atoms with Crippen molar-refractivity contribution >= 4 is 34.6 Å². The molecule has 2 atom stereocenters. The summed E-state index contributed by atoms with van der Waals surface area (Å²) < 4.78 is 16.0. The van der Waals surface area contributed by atoms with Crippen molar-refractivity contribution in [2.45, 2.75) is 25.9 Å². The second-order valence-corrected chi connectivity index (χ2v) is 9.09. The summed E-state index contributed by atoms with van der Waals surface area (Å²) in [5, 5.41) is 15.1. The van der Waals surface area contributed by atoms with Crippen LogP contribution in [0.3, 0.4) is 0 Å². The van der Waals surface area contributed by atoms with Crippen LogP contribution in [-0.4, -0.2) is 19.8 Å². The Morgan fingerprint density at radius 3 is 2.62 bits per heavy atom. The van der Waals surface area contributed by atoms with E-state index in [1.165, 1.54) is 12.1 Å². The molecule has 0 bridgehead atoms. The third-order valence-corrected chi connectivity index (χ3v) is 6.70. The number of nitrogens with zero attached hydrogens (tertiary/aromatic N) is 3. The number of thiocarbonyl (C=S) groups is 1. The van der Waals surface area contributed by atoms with Gasteiger partial charge >= 0.3 is 0 Å². The first-order chi connectivity index (χ1) is 16.3. The zero-order valence-corrected chi connectivity index (χ0v) is 20.1. The minimum atomic E-state index is -0.333. The lowest BCUT2D eigenvalue weighted by Crippen LogP contribution is -2.29. The van der Waals surface area contributed by atoms with Gasteiger partial charge in [0.25, 0.3) is 0 Å². The monoisotopic (exact) mass is 492 g/mol. The van der Waals surface area contributed by atoms with Crippen LogP contribution in [0.2, 0.25) is 5.02 Å². The standard InChI is InChI=1S/C26H22ClFN4OS/c1-15-12-20(16(2)31(15)19-7-5-6-18(28)14-19)25-24(21-8-3-4-11-29-21)30-26(34)32(25)22-13-17(27)9-10-23(22)33/h3-14,24-25,33H,1-2H3,(H,30,34)/t24-,25-/m1/s1. The summed E-state index contributed by atoms with van der Waals surface area (Å²) in [7, 11) is 0. The highest BCUT2D eigenvalue weighted by Gasteiger charge is 2.43. The second kappa shape index (κ2) is 8.74. The van der Waals surface area contributed by atoms with Crippen LogP contribution >= 0.6 is 23.8 Å². The van der Waals surface area contributed by atoms with E-state index < -0.39 is 0 Å². The number of phenolic OH excluding ortho intramolecular Hbond substituents is 1. The quantitative estimate of drug-likeness (QED) is 0.334. The molecule has 1 saturated heterocycles. The fourth-order valence-corrected chi connectivity index (χ4v) is 5.22. The van der Waals surface area contributed by atoms with E-state index in [2.05, 4.69) is 16.4 Å². The van der Waals surface area contributed by atoms with Gasteiger partial charge < -0.3 is 19.9 Å². The predicted octanol–water partition coefficient (Wildman–Crippen LogP) is 6.16. The Kier molecular flexibility index (Phi) is 5.75. The first-order valence-corrected chi connectivity index (χ1v) is 11.6. The van der Waals surface area contributed by atoms with Crippen molar-refractivity contribution in [2.75, 3.05) is 4.90 Å². The predicted molar refractivity (Wildman–Crippen MR) is 136 cm³/mol. The number of rotatable bonds is 4. The molecule has 0 saturated carbocycles. The van der Waals surface area contributed by atoms with E-state index in [0.29, 0.717) is 15.8 Å². The number of aromatic hydroxyl groups is 1. The van der Waals surface area contributed by atoms with Crippen molar-refractivity contribution in [1.82, 2.24) is 14.9 Å². The Morgan fingerprint density at radius 2 is 1.88 bits per heavy atom. The number of hydrogen-bond donors (Lipinski definition) is 2. The SMILES string of the molecule is Cc1cc([C@@H]2[C@@H](c3ccccn3)NC(=S)N2c2cc(Cl)ccc2O)c(C)n1-c1cccc(F)c1. The van der Waals surface area contributed by atoms with Gasteiger partial charge in [-0.1, -0.05) is 23.7 Å². The molecule has 0 unspecified atom stereocenters. The van der Waals surface area contributed by atoms with E-state index in [4.69, 9.17) is 23.8 Å². The van der Waals surface area contributed by atoms with Gasteiger partial charge in [0, 0.05) is 28.3 Å². The lowest BCUT2D eigenvalue weighted by Gasteiger charge is -2.28. The van der Waals surface area contributed by atoms with Gasteiger partial charge in [-0.3, -0.25) is 4.98 Å². The molecule has 5 nitrogen and oxygen atoms in total. The Morgan fingerprint density at radius 1 is 1.06 bits per heavy atom. The molecule has 0 radical (unpaired) electrons. The molecule has 2 aromatic heterocycles. The third-order valence-electron chi connectivity index (χ3n) is 6.15. The van der Waals surface area contributed by atoms with Crippen LogP contribution in [0.5, 0.6) is 5.75 Å². The van der Waals surface area contributed by atoms with Crippen LogP contribution in [0, 0.1) is 19.7 Å². The summed E-state index contributed by atoms with van der Waals surface area (Å²) >= 11 is 12.0. The normalized spacial score (nSPS) is 17.8. The minimum Gasteiger partial charge on any atom is -0.506 e. The van der Waals surface area contributed by atoms with Gasteiger partial charge in [-0.15, -0.1) is 0 Å². The fourth-order valence-electron chi connectivity index (χ4n) is 4.72. The van der Waals surface area contributed by atoms with Gasteiger partial charge in [0.05, 0.1) is 23.5 Å². The zero-order chi connectivity index (χ0) is 24.0. The zero-order valence-electron chi connectivity index (χ0n) is 18.5. The highest BCUT2D eigenvalue weighted by Crippen LogP contribution is 2.46. The van der Waals surface area contributed by atoms with Gasteiger partial charge in [0.2, 0.25) is 0 Å². The molecule has 5 rings (SSSR count). The molecular formula is C26H22ClFN4OS. The summed E-state index contributed by atoms with van der Waals surface area (Å²) in [5.41, 5.74) is 4.92. The lowest BCUT2D eigenvalue weighted by molar-refractivity contribution is 0.472. The van der Waals surface area contributed by atoms with Crippen LogP contribution in [0.15, 0.2) is 72.9 Å². The Balaban J connectivity index is 1.71.